The zero-order valence-electron chi connectivity index (χ0n) is 34.3. The molecule has 2 heterocycles. The number of halogens is 1. The van der Waals surface area contributed by atoms with Crippen LogP contribution in [0.1, 0.15) is 34.6 Å². The number of nitrogens with one attached hydrogen (secondary N) is 2. The molecule has 0 saturated carbocycles. The molecule has 4 rings (SSSR count). The number of esters is 1. The Morgan fingerprint density at radius 1 is 0.655 bits per heavy atom. The summed E-state index contributed by atoms with van der Waals surface area (Å²) in [6.45, 7) is 13.5. The Hall–Kier alpha value is -2.86. The molecule has 17 nitrogen and oxygen atoms in total. The highest BCUT2D eigenvalue weighted by molar-refractivity contribution is 9.10. The molecule has 2 aromatic carbocycles. The van der Waals surface area contributed by atoms with E-state index in [1.807, 2.05) is 62.1 Å². The van der Waals surface area contributed by atoms with Crippen LogP contribution in [0, 0.1) is 0 Å². The fraction of sp³-hybridized carbons (Fsp3) is 0.579. The third-order valence-electron chi connectivity index (χ3n) is 9.03. The summed E-state index contributed by atoms with van der Waals surface area (Å²) in [6, 6.07) is 13.3. The Labute approximate surface area is 350 Å². The van der Waals surface area contributed by atoms with Crippen molar-refractivity contribution < 1.29 is 41.6 Å². The summed E-state index contributed by atoms with van der Waals surface area (Å²) in [7, 11) is -6.95. The van der Waals surface area contributed by atoms with E-state index in [2.05, 4.69) is 36.5 Å². The minimum atomic E-state index is -3.48. The van der Waals surface area contributed by atoms with Gasteiger partial charge in [-0.1, -0.05) is 15.9 Å². The van der Waals surface area contributed by atoms with Crippen molar-refractivity contribution in [3.63, 3.8) is 0 Å². The van der Waals surface area contributed by atoms with Crippen molar-refractivity contribution in [3.8, 4) is 0 Å². The fourth-order valence-corrected chi connectivity index (χ4v) is 10.2. The van der Waals surface area contributed by atoms with E-state index in [0.717, 1.165) is 15.5 Å². The van der Waals surface area contributed by atoms with Gasteiger partial charge in [-0.25, -0.2) is 9.97 Å². The number of anilines is 3. The standard InChI is InChI=1S/C38H59BrN8O9P2/c1-6-52-37(49)27-45-19-23-46(29-57(50,53-7-2)54-8-3)21-17-44(18-22-47(24-20-45)30-58(51,55-9-4)56-10-5)26-36(48)42-33-15-16-34-35(25-33)40-28-41-38(34)43-32-13-11-31(39)12-14-32/h11-16,25,28H,6-10,17-24,26-27,29-30H2,1-5H3,(H,42,48)(H,40,41,43). The van der Waals surface area contributed by atoms with Crippen molar-refractivity contribution in [1.29, 1.82) is 0 Å². The van der Waals surface area contributed by atoms with Gasteiger partial charge in [-0.3, -0.25) is 38.3 Å². The number of benzene rings is 2. The summed E-state index contributed by atoms with van der Waals surface area (Å²) in [5, 5.41) is 7.15. The summed E-state index contributed by atoms with van der Waals surface area (Å²) >= 11 is 3.46. The van der Waals surface area contributed by atoms with Crippen LogP contribution in [-0.2, 0) is 41.6 Å². The van der Waals surface area contributed by atoms with Crippen molar-refractivity contribution >= 4 is 71.1 Å². The Balaban J connectivity index is 1.56. The van der Waals surface area contributed by atoms with Gasteiger partial charge < -0.3 is 33.5 Å². The summed E-state index contributed by atoms with van der Waals surface area (Å²) in [4.78, 5) is 43.3. The van der Waals surface area contributed by atoms with Gasteiger partial charge in [-0.2, -0.15) is 0 Å². The molecule has 58 heavy (non-hydrogen) atoms. The highest BCUT2D eigenvalue weighted by Crippen LogP contribution is 2.49. The molecule has 0 unspecified atom stereocenters. The lowest BCUT2D eigenvalue weighted by atomic mass is 10.2. The van der Waals surface area contributed by atoms with E-state index in [9.17, 15) is 18.7 Å². The molecule has 1 amide bonds. The fourth-order valence-electron chi connectivity index (χ4n) is 6.39. The number of hydrogen-bond acceptors (Lipinski definition) is 16. The number of nitrogens with zero attached hydrogens (tertiary/aromatic N) is 6. The molecule has 1 fully saturated rings. The Kier molecular flexibility index (Phi) is 20.1. The van der Waals surface area contributed by atoms with E-state index >= 15 is 0 Å². The average molecular weight is 914 g/mol. The topological polar surface area (TPSA) is 177 Å². The lowest BCUT2D eigenvalue weighted by molar-refractivity contribution is -0.144. The number of carbonyl (C=O) groups is 2. The first-order valence-corrected chi connectivity index (χ1v) is 24.0. The molecule has 1 aromatic heterocycles. The molecule has 0 spiro atoms. The molecule has 322 valence electrons. The lowest BCUT2D eigenvalue weighted by Gasteiger charge is -2.35. The lowest BCUT2D eigenvalue weighted by Crippen LogP contribution is -2.48. The number of ether oxygens (including phenoxy) is 1. The third kappa shape index (κ3) is 16.0. The van der Waals surface area contributed by atoms with Crippen LogP contribution in [0.25, 0.3) is 10.9 Å². The van der Waals surface area contributed by atoms with Gasteiger partial charge in [0.05, 0.1) is 51.6 Å². The first-order chi connectivity index (χ1) is 27.9. The van der Waals surface area contributed by atoms with Gasteiger partial charge in [-0.15, -0.1) is 0 Å². The summed E-state index contributed by atoms with van der Waals surface area (Å²) < 4.78 is 56.3. The predicted molar refractivity (Wildman–Crippen MR) is 230 cm³/mol. The maximum absolute atomic E-state index is 13.7. The van der Waals surface area contributed by atoms with E-state index in [1.54, 1.807) is 34.6 Å². The zero-order chi connectivity index (χ0) is 42.0. The van der Waals surface area contributed by atoms with Crippen LogP contribution in [0.5, 0.6) is 0 Å². The Bertz CT molecular complexity index is 1780. The van der Waals surface area contributed by atoms with E-state index in [4.69, 9.17) is 22.8 Å². The van der Waals surface area contributed by atoms with Crippen LogP contribution in [-0.4, -0.2) is 152 Å². The minimum Gasteiger partial charge on any atom is -0.465 e. The second kappa shape index (κ2) is 24.4. The largest absolute Gasteiger partial charge is 0.465 e. The average Bonchev–Trinajstić information content (AvgIpc) is 3.17. The summed E-state index contributed by atoms with van der Waals surface area (Å²) in [5.41, 5.74) is 2.10. The number of aromatic nitrogens is 2. The Morgan fingerprint density at radius 2 is 1.14 bits per heavy atom. The van der Waals surface area contributed by atoms with Crippen LogP contribution in [0.2, 0.25) is 0 Å². The quantitative estimate of drug-likeness (QED) is 0.0952. The minimum absolute atomic E-state index is 0.0393. The third-order valence-corrected chi connectivity index (χ3v) is 13.7. The van der Waals surface area contributed by atoms with Gasteiger partial charge in [0.15, 0.2) is 0 Å². The second-order valence-electron chi connectivity index (χ2n) is 13.4. The van der Waals surface area contributed by atoms with Crippen molar-refractivity contribution in [2.24, 2.45) is 0 Å². The maximum Gasteiger partial charge on any atom is 0.344 e. The molecular weight excluding hydrogens is 854 g/mol. The predicted octanol–water partition coefficient (Wildman–Crippen LogP) is 6.31. The van der Waals surface area contributed by atoms with Crippen molar-refractivity contribution in [2.45, 2.75) is 34.6 Å². The molecule has 2 N–H and O–H groups in total. The number of rotatable bonds is 20. The molecule has 3 aromatic rings. The monoisotopic (exact) mass is 912 g/mol. The highest BCUT2D eigenvalue weighted by atomic mass is 79.9. The van der Waals surface area contributed by atoms with Gasteiger partial charge in [-0.05, 0) is 77.1 Å². The molecule has 1 aliphatic heterocycles. The SMILES string of the molecule is CCOC(=O)CN1CCN(CP(=O)(OCC)OCC)CCN(CC(=O)Nc2ccc3c(Nc4ccc(Br)cc4)ncnc3c2)CCN(CP(=O)(OCC)OCC)CC1. The van der Waals surface area contributed by atoms with Crippen molar-refractivity contribution in [3.05, 3.63) is 53.3 Å². The van der Waals surface area contributed by atoms with Crippen molar-refractivity contribution in [2.75, 3.05) is 122 Å². The number of fused-ring (bicyclic) bond motifs is 1. The zero-order valence-corrected chi connectivity index (χ0v) is 37.6. The molecule has 0 aliphatic carbocycles. The van der Waals surface area contributed by atoms with Crippen LogP contribution < -0.4 is 10.6 Å². The highest BCUT2D eigenvalue weighted by Gasteiger charge is 2.31. The summed E-state index contributed by atoms with van der Waals surface area (Å²) in [6.07, 6.45) is 1.56. The molecule has 1 aliphatic rings. The smallest absolute Gasteiger partial charge is 0.344 e. The van der Waals surface area contributed by atoms with Crippen LogP contribution in [0.15, 0.2) is 53.3 Å². The van der Waals surface area contributed by atoms with Crippen LogP contribution in [0.4, 0.5) is 17.2 Å². The number of carbonyl (C=O) groups excluding carboxylic acids is 2. The van der Waals surface area contributed by atoms with E-state index < -0.39 is 15.2 Å². The first-order valence-electron chi connectivity index (χ1n) is 19.8. The number of hydrogen-bond donors (Lipinski definition) is 2. The molecule has 0 bridgehead atoms. The van der Waals surface area contributed by atoms with Crippen LogP contribution >= 0.6 is 31.1 Å². The second-order valence-corrected chi connectivity index (χ2v) is 18.4. The first kappa shape index (κ1) is 47.8. The molecule has 1 saturated heterocycles. The van der Waals surface area contributed by atoms with E-state index in [-0.39, 0.29) is 70.6 Å². The molecule has 0 radical (unpaired) electrons. The van der Waals surface area contributed by atoms with Gasteiger partial charge in [0, 0.05) is 73.6 Å². The maximum atomic E-state index is 13.7. The van der Waals surface area contributed by atoms with Gasteiger partial charge >= 0.3 is 21.2 Å². The van der Waals surface area contributed by atoms with Gasteiger partial charge in [0.25, 0.3) is 0 Å². The van der Waals surface area contributed by atoms with Gasteiger partial charge in [0.2, 0.25) is 5.91 Å². The Morgan fingerprint density at radius 3 is 1.64 bits per heavy atom. The molecular formula is C38H59BrN8O9P2. The van der Waals surface area contributed by atoms with E-state index in [0.29, 0.717) is 69.4 Å². The van der Waals surface area contributed by atoms with Crippen molar-refractivity contribution in [1.82, 2.24) is 29.6 Å². The normalized spacial score (nSPS) is 16.1. The van der Waals surface area contributed by atoms with E-state index in [1.165, 1.54) is 6.33 Å². The molecule has 20 heteroatoms. The molecule has 0 atom stereocenters. The summed E-state index contributed by atoms with van der Waals surface area (Å²) in [5.74, 6) is 0.0419. The van der Waals surface area contributed by atoms with Gasteiger partial charge in [0.1, 0.15) is 24.7 Å². The van der Waals surface area contributed by atoms with Crippen LogP contribution in [0.3, 0.4) is 0 Å². The number of amides is 1.